The smallest absolute Gasteiger partial charge is 0.142 e. The number of hydrogen-bond donors (Lipinski definition) is 1. The summed E-state index contributed by atoms with van der Waals surface area (Å²) in [5, 5.41) is 0. The minimum absolute atomic E-state index is 0.317. The van der Waals surface area contributed by atoms with Crippen LogP contribution in [0.15, 0.2) is 30.6 Å². The number of methoxy groups -OCH3 is 2. The lowest BCUT2D eigenvalue weighted by molar-refractivity contribution is 0.397. The first-order chi connectivity index (χ1) is 9.60. The Balaban J connectivity index is 2.53. The predicted octanol–water partition coefficient (Wildman–Crippen LogP) is 2.76. The fourth-order valence-corrected chi connectivity index (χ4v) is 2.31. The lowest BCUT2D eigenvalue weighted by Crippen LogP contribution is -2.15. The van der Waals surface area contributed by atoms with Crippen LogP contribution in [-0.4, -0.2) is 19.2 Å². The monoisotopic (exact) mass is 272 g/mol. The SMILES string of the molecule is COc1cnccc1C(N)c1ccc(C)c(C)c1OC. The molecule has 2 N–H and O–H groups in total. The van der Waals surface area contributed by atoms with Gasteiger partial charge in [0.25, 0.3) is 0 Å². The van der Waals surface area contributed by atoms with Crippen LogP contribution >= 0.6 is 0 Å². The van der Waals surface area contributed by atoms with Crippen molar-refractivity contribution < 1.29 is 9.47 Å². The molecule has 106 valence electrons. The van der Waals surface area contributed by atoms with Crippen LogP contribution in [0.5, 0.6) is 11.5 Å². The van der Waals surface area contributed by atoms with Crippen molar-refractivity contribution in [3.63, 3.8) is 0 Å². The number of benzene rings is 1. The van der Waals surface area contributed by atoms with E-state index < -0.39 is 0 Å². The Bertz CT molecular complexity index is 611. The highest BCUT2D eigenvalue weighted by Crippen LogP contribution is 2.35. The molecule has 1 aromatic carbocycles. The summed E-state index contributed by atoms with van der Waals surface area (Å²) in [6.45, 7) is 4.09. The van der Waals surface area contributed by atoms with Gasteiger partial charge in [-0.1, -0.05) is 12.1 Å². The molecule has 0 radical (unpaired) electrons. The second-order valence-electron chi connectivity index (χ2n) is 4.73. The molecule has 0 fully saturated rings. The van der Waals surface area contributed by atoms with Crippen molar-refractivity contribution in [3.8, 4) is 11.5 Å². The summed E-state index contributed by atoms with van der Waals surface area (Å²) < 4.78 is 10.9. The fraction of sp³-hybridized carbons (Fsp3) is 0.312. The molecule has 4 nitrogen and oxygen atoms in total. The van der Waals surface area contributed by atoms with Gasteiger partial charge in [-0.25, -0.2) is 0 Å². The first-order valence-electron chi connectivity index (χ1n) is 6.47. The van der Waals surface area contributed by atoms with Crippen LogP contribution in [0.4, 0.5) is 0 Å². The molecular weight excluding hydrogens is 252 g/mol. The van der Waals surface area contributed by atoms with E-state index in [1.807, 2.05) is 19.1 Å². The van der Waals surface area contributed by atoms with Gasteiger partial charge >= 0.3 is 0 Å². The number of hydrogen-bond acceptors (Lipinski definition) is 4. The molecule has 20 heavy (non-hydrogen) atoms. The summed E-state index contributed by atoms with van der Waals surface area (Å²) >= 11 is 0. The van der Waals surface area contributed by atoms with Crippen molar-refractivity contribution in [2.24, 2.45) is 5.73 Å². The van der Waals surface area contributed by atoms with Crippen molar-refractivity contribution in [2.45, 2.75) is 19.9 Å². The van der Waals surface area contributed by atoms with Crippen molar-refractivity contribution in [3.05, 3.63) is 52.8 Å². The topological polar surface area (TPSA) is 57.4 Å². The zero-order valence-corrected chi connectivity index (χ0v) is 12.3. The number of aryl methyl sites for hydroxylation is 1. The zero-order chi connectivity index (χ0) is 14.7. The molecule has 0 saturated carbocycles. The van der Waals surface area contributed by atoms with E-state index in [9.17, 15) is 0 Å². The third kappa shape index (κ3) is 2.47. The molecule has 1 unspecified atom stereocenters. The van der Waals surface area contributed by atoms with Gasteiger partial charge in [0.15, 0.2) is 0 Å². The standard InChI is InChI=1S/C16H20N2O2/c1-10-5-6-13(16(20-4)11(10)2)15(17)12-7-8-18-9-14(12)19-3/h5-9,15H,17H2,1-4H3. The van der Waals surface area contributed by atoms with E-state index in [1.54, 1.807) is 26.6 Å². The summed E-state index contributed by atoms with van der Waals surface area (Å²) in [7, 11) is 3.28. The van der Waals surface area contributed by atoms with Crippen LogP contribution in [0.25, 0.3) is 0 Å². The number of nitrogens with two attached hydrogens (primary N) is 1. The average Bonchev–Trinajstić information content (AvgIpc) is 2.49. The molecule has 2 rings (SSSR count). The molecule has 4 heteroatoms. The third-order valence-corrected chi connectivity index (χ3v) is 3.62. The lowest BCUT2D eigenvalue weighted by atomic mass is 9.95. The maximum absolute atomic E-state index is 6.40. The van der Waals surface area contributed by atoms with Crippen molar-refractivity contribution in [2.75, 3.05) is 14.2 Å². The number of aromatic nitrogens is 1. The Hall–Kier alpha value is -2.07. The maximum atomic E-state index is 6.40. The fourth-order valence-electron chi connectivity index (χ4n) is 2.31. The van der Waals surface area contributed by atoms with Crippen molar-refractivity contribution in [1.29, 1.82) is 0 Å². The van der Waals surface area contributed by atoms with E-state index in [1.165, 1.54) is 5.56 Å². The second kappa shape index (κ2) is 5.92. The van der Waals surface area contributed by atoms with Gasteiger partial charge in [-0.15, -0.1) is 0 Å². The third-order valence-electron chi connectivity index (χ3n) is 3.62. The highest BCUT2D eigenvalue weighted by molar-refractivity contribution is 5.51. The number of pyridine rings is 1. The average molecular weight is 272 g/mol. The van der Waals surface area contributed by atoms with E-state index in [2.05, 4.69) is 18.0 Å². The van der Waals surface area contributed by atoms with Crippen LogP contribution < -0.4 is 15.2 Å². The molecular formula is C16H20N2O2. The molecule has 2 aromatic rings. The van der Waals surface area contributed by atoms with Crippen LogP contribution in [-0.2, 0) is 0 Å². The van der Waals surface area contributed by atoms with Gasteiger partial charge < -0.3 is 15.2 Å². The molecule has 0 saturated heterocycles. The Labute approximate surface area is 119 Å². The first-order valence-corrected chi connectivity index (χ1v) is 6.47. The summed E-state index contributed by atoms with van der Waals surface area (Å²) in [6, 6.07) is 5.62. The predicted molar refractivity (Wildman–Crippen MR) is 79.3 cm³/mol. The largest absolute Gasteiger partial charge is 0.496 e. The molecule has 0 spiro atoms. The molecule has 1 atom stereocenters. The number of ether oxygens (including phenoxy) is 2. The van der Waals surface area contributed by atoms with Gasteiger partial charge in [-0.05, 0) is 31.0 Å². The van der Waals surface area contributed by atoms with Gasteiger partial charge in [0.1, 0.15) is 11.5 Å². The highest BCUT2D eigenvalue weighted by Gasteiger charge is 2.19. The summed E-state index contributed by atoms with van der Waals surface area (Å²) in [4.78, 5) is 4.05. The van der Waals surface area contributed by atoms with Crippen LogP contribution in [0, 0.1) is 13.8 Å². The maximum Gasteiger partial charge on any atom is 0.142 e. The van der Waals surface area contributed by atoms with Crippen molar-refractivity contribution in [1.82, 2.24) is 4.98 Å². The molecule has 0 aliphatic rings. The van der Waals surface area contributed by atoms with Gasteiger partial charge in [0, 0.05) is 17.3 Å². The van der Waals surface area contributed by atoms with E-state index in [0.717, 1.165) is 22.4 Å². The van der Waals surface area contributed by atoms with Crippen LogP contribution in [0.1, 0.15) is 28.3 Å². The summed E-state index contributed by atoms with van der Waals surface area (Å²) in [5.41, 5.74) is 10.5. The number of rotatable bonds is 4. The van der Waals surface area contributed by atoms with Crippen molar-refractivity contribution >= 4 is 0 Å². The molecule has 1 heterocycles. The van der Waals surface area contributed by atoms with Gasteiger partial charge in [0.05, 0.1) is 26.5 Å². The number of nitrogens with zero attached hydrogens (tertiary/aromatic N) is 1. The van der Waals surface area contributed by atoms with E-state index in [0.29, 0.717) is 5.75 Å². The first kappa shape index (κ1) is 14.3. The minimum Gasteiger partial charge on any atom is -0.496 e. The van der Waals surface area contributed by atoms with Crippen LogP contribution in [0.3, 0.4) is 0 Å². The Morgan fingerprint density at radius 2 is 1.80 bits per heavy atom. The van der Waals surface area contributed by atoms with E-state index in [-0.39, 0.29) is 6.04 Å². The van der Waals surface area contributed by atoms with Crippen LogP contribution in [0.2, 0.25) is 0 Å². The van der Waals surface area contributed by atoms with E-state index in [4.69, 9.17) is 15.2 Å². The van der Waals surface area contributed by atoms with Gasteiger partial charge in [-0.3, -0.25) is 4.98 Å². The van der Waals surface area contributed by atoms with Gasteiger partial charge in [0.2, 0.25) is 0 Å². The molecule has 0 aliphatic carbocycles. The minimum atomic E-state index is -0.317. The molecule has 0 bridgehead atoms. The highest BCUT2D eigenvalue weighted by atomic mass is 16.5. The van der Waals surface area contributed by atoms with E-state index >= 15 is 0 Å². The lowest BCUT2D eigenvalue weighted by Gasteiger charge is -2.20. The molecule has 0 aliphatic heterocycles. The molecule has 0 amide bonds. The second-order valence-corrected chi connectivity index (χ2v) is 4.73. The quantitative estimate of drug-likeness (QED) is 0.929. The normalized spacial score (nSPS) is 12.1. The Kier molecular flexibility index (Phi) is 4.25. The summed E-state index contributed by atoms with van der Waals surface area (Å²) in [5.74, 6) is 1.51. The Morgan fingerprint density at radius 3 is 2.45 bits per heavy atom. The zero-order valence-electron chi connectivity index (χ0n) is 12.3. The summed E-state index contributed by atoms with van der Waals surface area (Å²) in [6.07, 6.45) is 3.38. The Morgan fingerprint density at radius 1 is 1.05 bits per heavy atom. The molecule has 1 aromatic heterocycles. The van der Waals surface area contributed by atoms with Gasteiger partial charge in [-0.2, -0.15) is 0 Å².